The average Bonchev–Trinajstić information content (AvgIpc) is 3.17. The fourth-order valence-corrected chi connectivity index (χ4v) is 4.88. The van der Waals surface area contributed by atoms with Crippen LogP contribution in [0.4, 0.5) is 4.39 Å². The van der Waals surface area contributed by atoms with E-state index in [-0.39, 0.29) is 22.5 Å². The molecule has 6 heteroatoms. The number of nitrogens with zero attached hydrogens (tertiary/aromatic N) is 2. The topological polar surface area (TPSA) is 44.1 Å². The Kier molecular flexibility index (Phi) is 3.87. The van der Waals surface area contributed by atoms with E-state index in [9.17, 15) is 9.18 Å². The second kappa shape index (κ2) is 5.84. The van der Waals surface area contributed by atoms with Crippen molar-refractivity contribution in [3.63, 3.8) is 0 Å². The Bertz CT molecular complexity index is 850. The van der Waals surface area contributed by atoms with Gasteiger partial charge in [-0.1, -0.05) is 31.0 Å². The van der Waals surface area contributed by atoms with Crippen molar-refractivity contribution in [1.29, 1.82) is 0 Å². The van der Waals surface area contributed by atoms with Crippen LogP contribution in [0.25, 0.3) is 0 Å². The lowest BCUT2D eigenvalue weighted by atomic mass is 9.85. The van der Waals surface area contributed by atoms with Gasteiger partial charge in [0, 0.05) is 18.5 Å². The minimum absolute atomic E-state index is 0.189. The molecule has 4 rings (SSSR count). The summed E-state index contributed by atoms with van der Waals surface area (Å²) >= 11 is 6.15. The van der Waals surface area contributed by atoms with Gasteiger partial charge in [0.1, 0.15) is 22.1 Å². The lowest BCUT2D eigenvalue weighted by Crippen LogP contribution is -2.34. The van der Waals surface area contributed by atoms with Gasteiger partial charge in [0.15, 0.2) is 0 Å². The first-order valence-electron chi connectivity index (χ1n) is 8.68. The van der Waals surface area contributed by atoms with Crippen LogP contribution in [0.5, 0.6) is 0 Å². The number of halogens is 2. The molecule has 1 aromatic carbocycles. The maximum Gasteiger partial charge on any atom is 0.343 e. The summed E-state index contributed by atoms with van der Waals surface area (Å²) in [7, 11) is 1.67. The lowest BCUT2D eigenvalue weighted by Gasteiger charge is -2.33. The van der Waals surface area contributed by atoms with Gasteiger partial charge in [0.25, 0.3) is 0 Å². The molecule has 2 unspecified atom stereocenters. The number of rotatable bonds is 4. The van der Waals surface area contributed by atoms with Gasteiger partial charge in [0.05, 0.1) is 6.20 Å². The van der Waals surface area contributed by atoms with E-state index in [1.54, 1.807) is 7.05 Å². The van der Waals surface area contributed by atoms with Crippen LogP contribution in [0.15, 0.2) is 24.4 Å². The van der Waals surface area contributed by atoms with Crippen LogP contribution in [0, 0.1) is 11.7 Å². The van der Waals surface area contributed by atoms with Gasteiger partial charge in [-0.25, -0.2) is 9.18 Å². The number of fused-ring (bicyclic) bond motifs is 5. The van der Waals surface area contributed by atoms with Crippen molar-refractivity contribution in [3.05, 3.63) is 52.1 Å². The largest absolute Gasteiger partial charge is 0.450 e. The fourth-order valence-electron chi connectivity index (χ4n) is 4.71. The number of hydrogen-bond donors (Lipinski definition) is 0. The quantitative estimate of drug-likeness (QED) is 0.748. The van der Waals surface area contributed by atoms with Gasteiger partial charge < -0.3 is 4.74 Å². The number of aryl methyl sites for hydroxylation is 1. The van der Waals surface area contributed by atoms with E-state index in [1.165, 1.54) is 23.0 Å². The maximum atomic E-state index is 13.9. The monoisotopic (exact) mass is 362 g/mol. The molecule has 2 aromatic rings. The summed E-state index contributed by atoms with van der Waals surface area (Å²) < 4.78 is 21.4. The van der Waals surface area contributed by atoms with Gasteiger partial charge in [0.2, 0.25) is 0 Å². The van der Waals surface area contributed by atoms with E-state index < -0.39 is 11.6 Å². The summed E-state index contributed by atoms with van der Waals surface area (Å²) in [6, 6.07) is 4.88. The average molecular weight is 363 g/mol. The van der Waals surface area contributed by atoms with Crippen molar-refractivity contribution in [2.75, 3.05) is 0 Å². The van der Waals surface area contributed by atoms with Crippen LogP contribution in [-0.4, -0.2) is 15.7 Å². The summed E-state index contributed by atoms with van der Waals surface area (Å²) in [5.74, 6) is -0.269. The molecule has 0 spiro atoms. The summed E-state index contributed by atoms with van der Waals surface area (Å²) in [6.07, 6.45) is 5.03. The molecule has 1 aromatic heterocycles. The molecule has 4 nitrogen and oxygen atoms in total. The van der Waals surface area contributed by atoms with Crippen LogP contribution < -0.4 is 0 Å². The van der Waals surface area contributed by atoms with Gasteiger partial charge in [-0.15, -0.1) is 0 Å². The van der Waals surface area contributed by atoms with Gasteiger partial charge in [-0.2, -0.15) is 5.10 Å². The molecule has 0 N–H and O–H groups in total. The van der Waals surface area contributed by atoms with E-state index in [4.69, 9.17) is 16.3 Å². The third kappa shape index (κ3) is 2.32. The van der Waals surface area contributed by atoms with Gasteiger partial charge in [-0.3, -0.25) is 4.68 Å². The Morgan fingerprint density at radius 1 is 1.52 bits per heavy atom. The van der Waals surface area contributed by atoms with Crippen molar-refractivity contribution in [1.82, 2.24) is 9.78 Å². The number of carbonyl (C=O) groups excluding carboxylic acids is 1. The zero-order valence-electron chi connectivity index (χ0n) is 14.3. The van der Waals surface area contributed by atoms with E-state index in [0.717, 1.165) is 36.8 Å². The van der Waals surface area contributed by atoms with Crippen molar-refractivity contribution in [2.45, 2.75) is 44.1 Å². The van der Waals surface area contributed by atoms with Crippen LogP contribution in [-0.2, 0) is 17.4 Å². The highest BCUT2D eigenvalue weighted by Gasteiger charge is 2.59. The molecule has 0 aliphatic heterocycles. The Hall–Kier alpha value is -1.88. The minimum atomic E-state index is -0.756. The van der Waals surface area contributed by atoms with Crippen LogP contribution in [0.2, 0.25) is 5.15 Å². The maximum absolute atomic E-state index is 13.9. The number of benzene rings is 1. The van der Waals surface area contributed by atoms with Crippen molar-refractivity contribution >= 4 is 17.6 Å². The third-order valence-corrected chi connectivity index (χ3v) is 6.19. The minimum Gasteiger partial charge on any atom is -0.450 e. The molecule has 0 saturated heterocycles. The molecule has 3 atom stereocenters. The standard InChI is InChI=1S/C19H20ClFN2O2/c1-3-4-15-13-7-8-19(15,16-9-11(21)5-6-12(13)16)25-18(24)14-10-22-23(2)17(14)20/h5-6,9-10,13,15H,3-4,7-8H2,1-2H3/t13?,15?,19-/m1/s1. The molecule has 2 aliphatic rings. The van der Waals surface area contributed by atoms with E-state index >= 15 is 0 Å². The summed E-state index contributed by atoms with van der Waals surface area (Å²) in [6.45, 7) is 2.12. The summed E-state index contributed by atoms with van der Waals surface area (Å²) in [5, 5.41) is 4.26. The molecule has 25 heavy (non-hydrogen) atoms. The molecule has 2 bridgehead atoms. The molecule has 2 aliphatic carbocycles. The first-order valence-corrected chi connectivity index (χ1v) is 9.06. The first-order chi connectivity index (χ1) is 12.0. The molecule has 132 valence electrons. The number of hydrogen-bond acceptors (Lipinski definition) is 3. The highest BCUT2D eigenvalue weighted by atomic mass is 35.5. The molecule has 1 heterocycles. The van der Waals surface area contributed by atoms with Crippen molar-refractivity contribution < 1.29 is 13.9 Å². The van der Waals surface area contributed by atoms with Crippen molar-refractivity contribution in [2.24, 2.45) is 13.0 Å². The van der Waals surface area contributed by atoms with Crippen LogP contribution >= 0.6 is 11.6 Å². The van der Waals surface area contributed by atoms with E-state index in [2.05, 4.69) is 12.0 Å². The third-order valence-electron chi connectivity index (χ3n) is 5.74. The number of aromatic nitrogens is 2. The second-order valence-electron chi connectivity index (χ2n) is 7.02. The fraction of sp³-hybridized carbons (Fsp3) is 0.474. The predicted molar refractivity (Wildman–Crippen MR) is 92.1 cm³/mol. The van der Waals surface area contributed by atoms with E-state index in [1.807, 2.05) is 6.07 Å². The Balaban J connectivity index is 1.76. The van der Waals surface area contributed by atoms with Crippen LogP contribution in [0.1, 0.15) is 60.0 Å². The first kappa shape index (κ1) is 16.6. The molecule has 0 radical (unpaired) electrons. The summed E-state index contributed by atoms with van der Waals surface area (Å²) in [5.41, 5.74) is 1.45. The van der Waals surface area contributed by atoms with E-state index in [0.29, 0.717) is 5.92 Å². The lowest BCUT2D eigenvalue weighted by molar-refractivity contribution is -0.0412. The van der Waals surface area contributed by atoms with Gasteiger partial charge in [-0.05, 0) is 42.9 Å². The Morgan fingerprint density at radius 3 is 3.00 bits per heavy atom. The normalized spacial score (nSPS) is 26.7. The second-order valence-corrected chi connectivity index (χ2v) is 7.38. The molecular formula is C19H20ClFN2O2. The summed E-state index contributed by atoms with van der Waals surface area (Å²) in [4.78, 5) is 12.8. The van der Waals surface area contributed by atoms with Crippen molar-refractivity contribution in [3.8, 4) is 0 Å². The SMILES string of the molecule is CCCC1C2CC[C@]1(OC(=O)c1cnn(C)c1Cl)c1cc(F)ccc12. The van der Waals surface area contributed by atoms with Gasteiger partial charge >= 0.3 is 5.97 Å². The zero-order valence-corrected chi connectivity index (χ0v) is 15.0. The molecule has 1 fully saturated rings. The smallest absolute Gasteiger partial charge is 0.343 e. The highest BCUT2D eigenvalue weighted by molar-refractivity contribution is 6.32. The Morgan fingerprint density at radius 2 is 2.32 bits per heavy atom. The molecule has 0 amide bonds. The number of carbonyl (C=O) groups is 1. The van der Waals surface area contributed by atoms with Crippen LogP contribution in [0.3, 0.4) is 0 Å². The Labute approximate surface area is 150 Å². The zero-order chi connectivity index (χ0) is 17.8. The number of esters is 1. The highest BCUT2D eigenvalue weighted by Crippen LogP contribution is 2.63. The molecular weight excluding hydrogens is 343 g/mol. The number of ether oxygens (including phenoxy) is 1. The molecule has 1 saturated carbocycles. The predicted octanol–water partition coefficient (Wildman–Crippen LogP) is 4.57.